The molecule has 1 aromatic heterocycles. The molecule has 7 nitrogen and oxygen atoms in total. The molecule has 0 aliphatic rings. The van der Waals surface area contributed by atoms with Gasteiger partial charge in [0.15, 0.2) is 0 Å². The number of methoxy groups -OCH3 is 2. The minimum absolute atomic E-state index is 0.203. The molecule has 0 saturated carbocycles. The van der Waals surface area contributed by atoms with Crippen molar-refractivity contribution in [3.05, 3.63) is 52.8 Å². The van der Waals surface area contributed by atoms with Crippen LogP contribution in [0.1, 0.15) is 36.3 Å². The number of aryl methyl sites for hydroxylation is 3. The first-order valence-corrected chi connectivity index (χ1v) is 10.2. The van der Waals surface area contributed by atoms with Crippen molar-refractivity contribution in [2.24, 2.45) is 0 Å². The maximum Gasteiger partial charge on any atom is 0.248 e. The van der Waals surface area contributed by atoms with Gasteiger partial charge < -0.3 is 24.5 Å². The van der Waals surface area contributed by atoms with Crippen LogP contribution in [-0.4, -0.2) is 26.0 Å². The number of allylic oxidation sites excluding steroid dienone is 1. The lowest BCUT2D eigenvalue weighted by molar-refractivity contribution is -0.114. The Bertz CT molecular complexity index is 1240. The van der Waals surface area contributed by atoms with Crippen LogP contribution in [0.4, 0.5) is 11.4 Å². The van der Waals surface area contributed by atoms with E-state index in [0.29, 0.717) is 22.9 Å². The van der Waals surface area contributed by atoms with Crippen molar-refractivity contribution in [1.82, 2.24) is 0 Å². The molecule has 3 rings (SSSR count). The molecule has 2 aromatic carbocycles. The van der Waals surface area contributed by atoms with E-state index in [4.69, 9.17) is 13.9 Å². The lowest BCUT2D eigenvalue weighted by Gasteiger charge is -2.14. The Hall–Kier alpha value is -3.74. The Morgan fingerprint density at radius 1 is 0.969 bits per heavy atom. The van der Waals surface area contributed by atoms with Crippen molar-refractivity contribution >= 4 is 39.7 Å². The fraction of sp³-hybridized carbons (Fsp3) is 0.280. The van der Waals surface area contributed by atoms with Gasteiger partial charge in [-0.15, -0.1) is 0 Å². The monoisotopic (exact) mass is 436 g/mol. The highest BCUT2D eigenvalue weighted by Crippen LogP contribution is 2.38. The summed E-state index contributed by atoms with van der Waals surface area (Å²) in [6.45, 7) is 9.16. The quantitative estimate of drug-likeness (QED) is 0.507. The molecule has 0 bridgehead atoms. The number of carbonyl (C=O) groups is 2. The van der Waals surface area contributed by atoms with Crippen LogP contribution in [0.3, 0.4) is 0 Å². The predicted octanol–water partition coefficient (Wildman–Crippen LogP) is 5.38. The van der Waals surface area contributed by atoms with Crippen molar-refractivity contribution in [2.45, 2.75) is 34.6 Å². The van der Waals surface area contributed by atoms with E-state index in [1.54, 1.807) is 25.3 Å². The predicted molar refractivity (Wildman–Crippen MR) is 127 cm³/mol. The van der Waals surface area contributed by atoms with E-state index in [1.165, 1.54) is 20.1 Å². The van der Waals surface area contributed by atoms with E-state index < -0.39 is 0 Å². The number of nitrogens with one attached hydrogen (secondary N) is 2. The maximum atomic E-state index is 12.8. The van der Waals surface area contributed by atoms with Crippen molar-refractivity contribution in [3.8, 4) is 11.5 Å². The molecule has 0 unspecified atom stereocenters. The van der Waals surface area contributed by atoms with E-state index in [9.17, 15) is 9.59 Å². The molecule has 168 valence electrons. The average molecular weight is 437 g/mol. The lowest BCUT2D eigenvalue weighted by Crippen LogP contribution is -2.11. The summed E-state index contributed by atoms with van der Waals surface area (Å²) in [5.74, 6) is 1.47. The summed E-state index contributed by atoms with van der Waals surface area (Å²) in [5.41, 5.74) is 5.29. The average Bonchev–Trinajstić information content (AvgIpc) is 3.02. The number of ether oxygens (including phenoxy) is 2. The van der Waals surface area contributed by atoms with Gasteiger partial charge in [-0.25, -0.2) is 0 Å². The standard InChI is InChI=1S/C25H28N2O5/c1-13(19-12-20-14(2)16(4)32-25(20)15(3)24(19)31-7)10-23(29)27-21-11-18(26-17(5)28)8-9-22(21)30-6/h8-12H,1-7H3,(H,26,28)(H,27,29)/b13-10+. The highest BCUT2D eigenvalue weighted by atomic mass is 16.5. The van der Waals surface area contributed by atoms with Gasteiger partial charge in [0.05, 0.1) is 19.9 Å². The summed E-state index contributed by atoms with van der Waals surface area (Å²) in [5, 5.41) is 6.52. The molecule has 2 amide bonds. The summed E-state index contributed by atoms with van der Waals surface area (Å²) in [4.78, 5) is 24.2. The van der Waals surface area contributed by atoms with Crippen LogP contribution in [0.15, 0.2) is 34.8 Å². The molecule has 0 saturated heterocycles. The molecule has 32 heavy (non-hydrogen) atoms. The third kappa shape index (κ3) is 4.46. The first kappa shape index (κ1) is 22.9. The number of fused-ring (bicyclic) bond motifs is 1. The van der Waals surface area contributed by atoms with Gasteiger partial charge >= 0.3 is 0 Å². The molecule has 3 aromatic rings. The Morgan fingerprint density at radius 2 is 1.69 bits per heavy atom. The second kappa shape index (κ2) is 9.18. The highest BCUT2D eigenvalue weighted by Gasteiger charge is 2.18. The number of furan rings is 1. The molecular formula is C25H28N2O5. The maximum absolute atomic E-state index is 12.8. The summed E-state index contributed by atoms with van der Waals surface area (Å²) >= 11 is 0. The zero-order chi connectivity index (χ0) is 23.6. The van der Waals surface area contributed by atoms with Crippen LogP contribution >= 0.6 is 0 Å². The topological polar surface area (TPSA) is 89.8 Å². The van der Waals surface area contributed by atoms with E-state index in [2.05, 4.69) is 10.6 Å². The van der Waals surface area contributed by atoms with Gasteiger partial charge in [0.1, 0.15) is 22.8 Å². The van der Waals surface area contributed by atoms with E-state index in [1.807, 2.05) is 33.8 Å². The molecule has 0 aliphatic heterocycles. The SMILES string of the molecule is COc1ccc(NC(C)=O)cc1NC(=O)/C=C(\C)c1cc2c(C)c(C)oc2c(C)c1OC. The summed E-state index contributed by atoms with van der Waals surface area (Å²) in [7, 11) is 3.12. The number of rotatable bonds is 6. The molecule has 0 spiro atoms. The van der Waals surface area contributed by atoms with Crippen molar-refractivity contribution in [3.63, 3.8) is 0 Å². The van der Waals surface area contributed by atoms with Crippen LogP contribution in [0.25, 0.3) is 16.5 Å². The molecular weight excluding hydrogens is 408 g/mol. The van der Waals surface area contributed by atoms with Crippen LogP contribution in [0.5, 0.6) is 11.5 Å². The highest BCUT2D eigenvalue weighted by molar-refractivity contribution is 6.06. The Labute approximate surface area is 187 Å². The smallest absolute Gasteiger partial charge is 0.248 e. The Kier molecular flexibility index (Phi) is 6.58. The Balaban J connectivity index is 1.97. The fourth-order valence-electron chi connectivity index (χ4n) is 3.70. The molecule has 1 heterocycles. The normalized spacial score (nSPS) is 11.4. The van der Waals surface area contributed by atoms with Crippen LogP contribution in [0, 0.1) is 20.8 Å². The first-order valence-electron chi connectivity index (χ1n) is 10.2. The zero-order valence-corrected chi connectivity index (χ0v) is 19.4. The zero-order valence-electron chi connectivity index (χ0n) is 19.4. The number of anilines is 2. The van der Waals surface area contributed by atoms with Crippen molar-refractivity contribution in [2.75, 3.05) is 24.9 Å². The largest absolute Gasteiger partial charge is 0.496 e. The van der Waals surface area contributed by atoms with E-state index in [-0.39, 0.29) is 11.8 Å². The third-order valence-electron chi connectivity index (χ3n) is 5.40. The van der Waals surface area contributed by atoms with Crippen molar-refractivity contribution < 1.29 is 23.5 Å². The number of carbonyl (C=O) groups excluding carboxylic acids is 2. The number of amides is 2. The fourth-order valence-corrected chi connectivity index (χ4v) is 3.70. The van der Waals surface area contributed by atoms with E-state index in [0.717, 1.165) is 39.0 Å². The molecule has 2 N–H and O–H groups in total. The van der Waals surface area contributed by atoms with Gasteiger partial charge in [0.25, 0.3) is 0 Å². The molecule has 7 heteroatoms. The number of hydrogen-bond donors (Lipinski definition) is 2. The molecule has 0 radical (unpaired) electrons. The second-order valence-electron chi connectivity index (χ2n) is 7.66. The first-order chi connectivity index (χ1) is 15.2. The minimum atomic E-state index is -0.333. The molecule has 0 atom stereocenters. The van der Waals surface area contributed by atoms with E-state index >= 15 is 0 Å². The Morgan fingerprint density at radius 3 is 2.31 bits per heavy atom. The van der Waals surface area contributed by atoms with Crippen LogP contribution in [0.2, 0.25) is 0 Å². The van der Waals surface area contributed by atoms with Gasteiger partial charge in [0, 0.05) is 35.2 Å². The minimum Gasteiger partial charge on any atom is -0.496 e. The number of hydrogen-bond acceptors (Lipinski definition) is 5. The summed E-state index contributed by atoms with van der Waals surface area (Å²) in [6, 6.07) is 7.02. The molecule has 0 fully saturated rings. The number of benzene rings is 2. The van der Waals surface area contributed by atoms with Gasteiger partial charge in [-0.1, -0.05) is 0 Å². The van der Waals surface area contributed by atoms with Gasteiger partial charge in [0.2, 0.25) is 11.8 Å². The van der Waals surface area contributed by atoms with Gasteiger partial charge in [-0.2, -0.15) is 0 Å². The second-order valence-corrected chi connectivity index (χ2v) is 7.66. The van der Waals surface area contributed by atoms with Gasteiger partial charge in [-0.05, 0) is 63.1 Å². The summed E-state index contributed by atoms with van der Waals surface area (Å²) < 4.78 is 16.9. The van der Waals surface area contributed by atoms with Crippen molar-refractivity contribution in [1.29, 1.82) is 0 Å². The van der Waals surface area contributed by atoms with Gasteiger partial charge in [-0.3, -0.25) is 9.59 Å². The molecule has 0 aliphatic carbocycles. The summed E-state index contributed by atoms with van der Waals surface area (Å²) in [6.07, 6.45) is 1.51. The third-order valence-corrected chi connectivity index (χ3v) is 5.40. The lowest BCUT2D eigenvalue weighted by atomic mass is 9.98. The van der Waals surface area contributed by atoms with Crippen LogP contribution in [-0.2, 0) is 9.59 Å². The van der Waals surface area contributed by atoms with Crippen LogP contribution < -0.4 is 20.1 Å².